The Labute approximate surface area is 120 Å². The number of halogens is 1. The van der Waals surface area contributed by atoms with Gasteiger partial charge in [0.1, 0.15) is 5.82 Å². The van der Waals surface area contributed by atoms with Crippen LogP contribution in [0.15, 0.2) is 18.2 Å². The van der Waals surface area contributed by atoms with Crippen LogP contribution in [0.5, 0.6) is 0 Å². The first-order valence-corrected chi connectivity index (χ1v) is 7.67. The molecule has 1 heterocycles. The molecule has 1 N–H and O–H groups in total. The molecule has 3 rings (SSSR count). The molecule has 0 radical (unpaired) electrons. The normalized spacial score (nSPS) is 20.6. The maximum atomic E-state index is 14.0. The third-order valence-electron chi connectivity index (χ3n) is 4.31. The molecule has 2 fully saturated rings. The zero-order valence-electron chi connectivity index (χ0n) is 11.9. The zero-order valence-corrected chi connectivity index (χ0v) is 11.9. The molecule has 1 saturated heterocycles. The lowest BCUT2D eigenvalue weighted by Gasteiger charge is -2.29. The third-order valence-corrected chi connectivity index (χ3v) is 4.31. The van der Waals surface area contributed by atoms with Gasteiger partial charge in [0.25, 0.3) is 0 Å². The fourth-order valence-electron chi connectivity index (χ4n) is 3.11. The number of nitrogens with zero attached hydrogens (tertiary/aromatic N) is 1. The minimum Gasteiger partial charge on any atom is -0.378 e. The zero-order chi connectivity index (χ0) is 13.8. The van der Waals surface area contributed by atoms with Gasteiger partial charge in [0.15, 0.2) is 0 Å². The highest BCUT2D eigenvalue weighted by Gasteiger charge is 2.17. The van der Waals surface area contributed by atoms with Crippen LogP contribution >= 0.6 is 0 Å². The first-order valence-electron chi connectivity index (χ1n) is 7.67. The van der Waals surface area contributed by atoms with E-state index >= 15 is 0 Å². The number of rotatable bonds is 4. The van der Waals surface area contributed by atoms with E-state index in [2.05, 4.69) is 10.2 Å². The predicted octanol–water partition coefficient (Wildman–Crippen LogP) is 2.69. The van der Waals surface area contributed by atoms with Crippen LogP contribution in [0.25, 0.3) is 0 Å². The van der Waals surface area contributed by atoms with Crippen LogP contribution in [0.4, 0.5) is 10.1 Å². The van der Waals surface area contributed by atoms with Crippen molar-refractivity contribution in [2.24, 2.45) is 0 Å². The molecule has 0 unspecified atom stereocenters. The number of nitrogens with one attached hydrogen (secondary N) is 1. The third kappa shape index (κ3) is 3.30. The summed E-state index contributed by atoms with van der Waals surface area (Å²) in [4.78, 5) is 2.08. The summed E-state index contributed by atoms with van der Waals surface area (Å²) in [5, 5.41) is 3.58. The summed E-state index contributed by atoms with van der Waals surface area (Å²) in [6.07, 6.45) is 5.22. The number of ether oxygens (including phenoxy) is 1. The van der Waals surface area contributed by atoms with Gasteiger partial charge < -0.3 is 15.0 Å². The van der Waals surface area contributed by atoms with E-state index in [1.807, 2.05) is 12.1 Å². The Kier molecular flexibility index (Phi) is 4.53. The van der Waals surface area contributed by atoms with E-state index < -0.39 is 0 Å². The Bertz CT molecular complexity index is 440. The molecule has 0 atom stereocenters. The Morgan fingerprint density at radius 1 is 1.20 bits per heavy atom. The molecule has 0 bridgehead atoms. The van der Waals surface area contributed by atoms with Crippen molar-refractivity contribution in [1.29, 1.82) is 0 Å². The summed E-state index contributed by atoms with van der Waals surface area (Å²) in [5.74, 6) is -0.128. The molecule has 3 nitrogen and oxygen atoms in total. The minimum atomic E-state index is -0.128. The standard InChI is InChI=1S/C16H23FN2O/c17-15-6-5-13(12-18-14-3-1-2-4-14)11-16(15)19-7-9-20-10-8-19/h5-6,11,14,18H,1-4,7-10,12H2. The predicted molar refractivity (Wildman–Crippen MR) is 78.5 cm³/mol. The van der Waals surface area contributed by atoms with Crippen molar-refractivity contribution in [3.8, 4) is 0 Å². The Hall–Kier alpha value is -1.13. The molecule has 1 aromatic carbocycles. The molecule has 0 amide bonds. The van der Waals surface area contributed by atoms with E-state index in [-0.39, 0.29) is 5.82 Å². The molecular formula is C16H23FN2O. The van der Waals surface area contributed by atoms with E-state index in [1.54, 1.807) is 6.07 Å². The summed E-state index contributed by atoms with van der Waals surface area (Å²) in [7, 11) is 0. The quantitative estimate of drug-likeness (QED) is 0.916. The Balaban J connectivity index is 1.65. The van der Waals surface area contributed by atoms with Crippen molar-refractivity contribution in [2.75, 3.05) is 31.2 Å². The van der Waals surface area contributed by atoms with Gasteiger partial charge in [-0.15, -0.1) is 0 Å². The van der Waals surface area contributed by atoms with Crippen LogP contribution in [-0.4, -0.2) is 32.3 Å². The average molecular weight is 278 g/mol. The Morgan fingerprint density at radius 2 is 1.95 bits per heavy atom. The van der Waals surface area contributed by atoms with E-state index in [0.29, 0.717) is 19.3 Å². The van der Waals surface area contributed by atoms with Gasteiger partial charge in [0.05, 0.1) is 18.9 Å². The lowest BCUT2D eigenvalue weighted by atomic mass is 10.1. The molecule has 0 aromatic heterocycles. The Morgan fingerprint density at radius 3 is 2.70 bits per heavy atom. The highest BCUT2D eigenvalue weighted by Crippen LogP contribution is 2.23. The maximum absolute atomic E-state index is 14.0. The second-order valence-corrected chi connectivity index (χ2v) is 5.75. The lowest BCUT2D eigenvalue weighted by molar-refractivity contribution is 0.122. The van der Waals surface area contributed by atoms with Gasteiger partial charge in [-0.25, -0.2) is 4.39 Å². The highest BCUT2D eigenvalue weighted by atomic mass is 19.1. The molecule has 20 heavy (non-hydrogen) atoms. The van der Waals surface area contributed by atoms with Gasteiger partial charge >= 0.3 is 0 Å². The summed E-state index contributed by atoms with van der Waals surface area (Å²) < 4.78 is 19.3. The molecule has 1 aliphatic carbocycles. The molecule has 1 aliphatic heterocycles. The first kappa shape index (κ1) is 13.8. The molecule has 110 valence electrons. The van der Waals surface area contributed by atoms with Gasteiger partial charge in [-0.3, -0.25) is 0 Å². The fourth-order valence-corrected chi connectivity index (χ4v) is 3.11. The SMILES string of the molecule is Fc1ccc(CNC2CCCC2)cc1N1CCOCC1. The van der Waals surface area contributed by atoms with E-state index in [1.165, 1.54) is 31.2 Å². The van der Waals surface area contributed by atoms with Crippen molar-refractivity contribution in [3.63, 3.8) is 0 Å². The van der Waals surface area contributed by atoms with E-state index in [4.69, 9.17) is 4.74 Å². The molecule has 1 aromatic rings. The number of benzene rings is 1. The summed E-state index contributed by atoms with van der Waals surface area (Å²) in [6.45, 7) is 3.75. The van der Waals surface area contributed by atoms with Crippen LogP contribution in [0.2, 0.25) is 0 Å². The van der Waals surface area contributed by atoms with Crippen LogP contribution in [0, 0.1) is 5.82 Å². The van der Waals surface area contributed by atoms with Crippen molar-refractivity contribution in [3.05, 3.63) is 29.6 Å². The summed E-state index contributed by atoms with van der Waals surface area (Å²) >= 11 is 0. The maximum Gasteiger partial charge on any atom is 0.146 e. The largest absolute Gasteiger partial charge is 0.378 e. The van der Waals surface area contributed by atoms with Crippen molar-refractivity contribution in [1.82, 2.24) is 5.32 Å². The van der Waals surface area contributed by atoms with E-state index in [0.717, 1.165) is 25.3 Å². The molecule has 0 spiro atoms. The van der Waals surface area contributed by atoms with E-state index in [9.17, 15) is 4.39 Å². The average Bonchev–Trinajstić information content (AvgIpc) is 3.01. The van der Waals surface area contributed by atoms with Gasteiger partial charge in [-0.1, -0.05) is 18.9 Å². The molecule has 2 aliphatic rings. The number of morpholine rings is 1. The number of hydrogen-bond acceptors (Lipinski definition) is 3. The van der Waals surface area contributed by atoms with Crippen LogP contribution in [-0.2, 0) is 11.3 Å². The first-order chi connectivity index (χ1) is 9.83. The van der Waals surface area contributed by atoms with Crippen molar-refractivity contribution >= 4 is 5.69 Å². The topological polar surface area (TPSA) is 24.5 Å². The number of anilines is 1. The van der Waals surface area contributed by atoms with Crippen LogP contribution in [0.1, 0.15) is 31.2 Å². The van der Waals surface area contributed by atoms with Gasteiger partial charge in [-0.2, -0.15) is 0 Å². The molecule has 1 saturated carbocycles. The van der Waals surface area contributed by atoms with Crippen molar-refractivity contribution < 1.29 is 9.13 Å². The molecular weight excluding hydrogens is 255 g/mol. The highest BCUT2D eigenvalue weighted by molar-refractivity contribution is 5.50. The summed E-state index contributed by atoms with van der Waals surface area (Å²) in [6, 6.07) is 6.12. The molecule has 4 heteroatoms. The number of hydrogen-bond donors (Lipinski definition) is 1. The van der Waals surface area contributed by atoms with Crippen LogP contribution in [0.3, 0.4) is 0 Å². The smallest absolute Gasteiger partial charge is 0.146 e. The van der Waals surface area contributed by atoms with Gasteiger partial charge in [0.2, 0.25) is 0 Å². The monoisotopic (exact) mass is 278 g/mol. The second-order valence-electron chi connectivity index (χ2n) is 5.75. The van der Waals surface area contributed by atoms with Crippen LogP contribution < -0.4 is 10.2 Å². The second kappa shape index (κ2) is 6.55. The van der Waals surface area contributed by atoms with Crippen molar-refractivity contribution in [2.45, 2.75) is 38.3 Å². The fraction of sp³-hybridized carbons (Fsp3) is 0.625. The minimum absolute atomic E-state index is 0.128. The lowest BCUT2D eigenvalue weighted by Crippen LogP contribution is -2.36. The van der Waals surface area contributed by atoms with Gasteiger partial charge in [-0.05, 0) is 30.5 Å². The van der Waals surface area contributed by atoms with Gasteiger partial charge in [0, 0.05) is 25.7 Å². The summed E-state index contributed by atoms with van der Waals surface area (Å²) in [5.41, 5.74) is 1.89.